The molecule has 6 atom stereocenters. The molecule has 4 N–H and O–H groups in total. The van der Waals surface area contributed by atoms with Crippen LogP contribution in [0.2, 0.25) is 0 Å². The number of likely N-dealkylation sites (tertiary alicyclic amines) is 1. The van der Waals surface area contributed by atoms with Crippen molar-refractivity contribution in [3.8, 4) is 0 Å². The van der Waals surface area contributed by atoms with Gasteiger partial charge in [0, 0.05) is 23.7 Å². The normalized spacial score (nSPS) is 25.9. The highest BCUT2D eigenvalue weighted by molar-refractivity contribution is 7.91. The lowest BCUT2D eigenvalue weighted by Crippen LogP contribution is -2.58. The van der Waals surface area contributed by atoms with E-state index in [9.17, 15) is 54.7 Å². The fourth-order valence-electron chi connectivity index (χ4n) is 7.74. The third-order valence-electron chi connectivity index (χ3n) is 10.8. The number of amides is 4. The summed E-state index contributed by atoms with van der Waals surface area (Å²) >= 11 is 0. The maximum atomic E-state index is 14.9. The monoisotopic (exact) mass is 769 g/mol. The second-order valence-corrected chi connectivity index (χ2v) is 16.6. The van der Waals surface area contributed by atoms with Gasteiger partial charge in [-0.2, -0.15) is 13.2 Å². The first-order valence-corrected chi connectivity index (χ1v) is 18.9. The number of benzene rings is 2. The molecular formula is C35H40F5N5O7S. The van der Waals surface area contributed by atoms with E-state index in [4.69, 9.17) is 0 Å². The van der Waals surface area contributed by atoms with E-state index in [1.54, 1.807) is 26.8 Å². The van der Waals surface area contributed by atoms with Gasteiger partial charge in [-0.15, -0.1) is 0 Å². The summed E-state index contributed by atoms with van der Waals surface area (Å²) in [5.41, 5.74) is -2.89. The number of anilines is 1. The van der Waals surface area contributed by atoms with Gasteiger partial charge in [-0.25, -0.2) is 22.0 Å². The average molecular weight is 770 g/mol. The molecule has 1 unspecified atom stereocenters. The van der Waals surface area contributed by atoms with Crippen molar-refractivity contribution in [2.45, 2.75) is 94.5 Å². The first-order chi connectivity index (χ1) is 24.8. The van der Waals surface area contributed by atoms with Gasteiger partial charge >= 0.3 is 12.3 Å². The molecule has 12 nitrogen and oxygen atoms in total. The van der Waals surface area contributed by atoms with Crippen LogP contribution in [0.1, 0.15) is 75.6 Å². The summed E-state index contributed by atoms with van der Waals surface area (Å²) in [6.07, 6.45) is -5.25. The summed E-state index contributed by atoms with van der Waals surface area (Å²) in [5, 5.41) is 14.9. The largest absolute Gasteiger partial charge is 0.465 e. The second kappa shape index (κ2) is 13.7. The van der Waals surface area contributed by atoms with E-state index in [0.29, 0.717) is 37.0 Å². The van der Waals surface area contributed by atoms with Gasteiger partial charge in [0.25, 0.3) is 5.91 Å². The molecule has 2 aliphatic carbocycles. The molecule has 2 aromatic carbocycles. The number of hydrogen-bond acceptors (Lipinski definition) is 7. The molecule has 0 bridgehead atoms. The van der Waals surface area contributed by atoms with Crippen molar-refractivity contribution in [1.29, 1.82) is 0 Å². The number of carbonyl (C=O) groups excluding carboxylic acids is 3. The van der Waals surface area contributed by atoms with E-state index in [-0.39, 0.29) is 37.2 Å². The predicted octanol–water partition coefficient (Wildman–Crippen LogP) is 4.77. The van der Waals surface area contributed by atoms with Crippen molar-refractivity contribution in [3.05, 3.63) is 64.7 Å². The Bertz CT molecular complexity index is 1940. The Hall–Kier alpha value is -4.48. The summed E-state index contributed by atoms with van der Waals surface area (Å²) in [4.78, 5) is 56.9. The van der Waals surface area contributed by atoms with E-state index in [0.717, 1.165) is 11.0 Å². The molecule has 6 rings (SSSR count). The van der Waals surface area contributed by atoms with Crippen LogP contribution in [0.5, 0.6) is 0 Å². The van der Waals surface area contributed by atoms with Crippen molar-refractivity contribution < 1.29 is 54.7 Å². The van der Waals surface area contributed by atoms with Gasteiger partial charge in [-0.05, 0) is 67.3 Å². The summed E-state index contributed by atoms with van der Waals surface area (Å²) in [6.45, 7) is 4.44. The third-order valence-corrected chi connectivity index (χ3v) is 12.6. The number of nitrogens with one attached hydrogen (secondary N) is 3. The Kier molecular flexibility index (Phi) is 9.91. The van der Waals surface area contributed by atoms with Crippen LogP contribution in [-0.4, -0.2) is 76.6 Å². The summed E-state index contributed by atoms with van der Waals surface area (Å²) in [7, 11) is -3.98. The molecule has 2 aliphatic heterocycles. The quantitative estimate of drug-likeness (QED) is 0.238. The van der Waals surface area contributed by atoms with Gasteiger partial charge in [0.15, 0.2) is 0 Å². The number of alkyl halides is 3. The number of sulfonamides is 1. The van der Waals surface area contributed by atoms with E-state index in [1.165, 1.54) is 17.0 Å². The third kappa shape index (κ3) is 7.25. The Balaban J connectivity index is 1.34. The molecule has 4 amide bonds. The number of carbonyl (C=O) groups is 4. The predicted molar refractivity (Wildman–Crippen MR) is 179 cm³/mol. The average Bonchev–Trinajstić information content (AvgIpc) is 3.97. The minimum Gasteiger partial charge on any atom is -0.465 e. The van der Waals surface area contributed by atoms with Crippen LogP contribution in [0.15, 0.2) is 36.4 Å². The molecule has 2 aromatic rings. The molecule has 2 heterocycles. The van der Waals surface area contributed by atoms with Gasteiger partial charge in [0.05, 0.1) is 23.4 Å². The lowest BCUT2D eigenvalue weighted by Gasteiger charge is -2.32. The van der Waals surface area contributed by atoms with E-state index in [2.05, 4.69) is 15.4 Å². The van der Waals surface area contributed by atoms with Gasteiger partial charge in [-0.1, -0.05) is 39.3 Å². The molecule has 4 aliphatic rings. The molecular weight excluding hydrogens is 729 g/mol. The lowest BCUT2D eigenvalue weighted by molar-refractivity contribution is -0.140. The van der Waals surface area contributed by atoms with Gasteiger partial charge < -0.3 is 20.6 Å². The Labute approximate surface area is 302 Å². The number of halogens is 5. The Morgan fingerprint density at radius 3 is 2.32 bits per heavy atom. The van der Waals surface area contributed by atoms with Crippen LogP contribution in [0.4, 0.5) is 32.4 Å². The van der Waals surface area contributed by atoms with E-state index in [1.807, 2.05) is 0 Å². The smallest absolute Gasteiger partial charge is 0.419 e. The van der Waals surface area contributed by atoms with Crippen molar-refractivity contribution in [2.75, 3.05) is 11.9 Å². The second-order valence-electron chi connectivity index (χ2n) is 14.7. The van der Waals surface area contributed by atoms with Gasteiger partial charge in [-0.3, -0.25) is 24.0 Å². The molecule has 3 fully saturated rings. The van der Waals surface area contributed by atoms with Gasteiger partial charge in [0.2, 0.25) is 21.8 Å². The molecule has 18 heteroatoms. The Morgan fingerprint density at radius 1 is 1.04 bits per heavy atom. The minimum atomic E-state index is -5.03. The first kappa shape index (κ1) is 38.3. The van der Waals surface area contributed by atoms with Crippen LogP contribution in [0.3, 0.4) is 0 Å². The highest BCUT2D eigenvalue weighted by Crippen LogP contribution is 2.48. The van der Waals surface area contributed by atoms with Crippen molar-refractivity contribution in [3.63, 3.8) is 0 Å². The highest BCUT2D eigenvalue weighted by Gasteiger charge is 2.62. The van der Waals surface area contributed by atoms with E-state index >= 15 is 0 Å². The number of fused-ring (bicyclic) bond motifs is 1. The van der Waals surface area contributed by atoms with Crippen molar-refractivity contribution in [1.82, 2.24) is 19.8 Å². The summed E-state index contributed by atoms with van der Waals surface area (Å²) in [5.74, 6) is -6.46. The number of carboxylic acid groups (broad SMARTS) is 1. The van der Waals surface area contributed by atoms with E-state index < -0.39 is 104 Å². The lowest BCUT2D eigenvalue weighted by atomic mass is 9.90. The number of rotatable bonds is 11. The zero-order chi connectivity index (χ0) is 38.8. The zero-order valence-corrected chi connectivity index (χ0v) is 29.9. The van der Waals surface area contributed by atoms with Crippen LogP contribution >= 0.6 is 0 Å². The number of hydrogen-bond donors (Lipinski definition) is 4. The molecule has 0 aromatic heterocycles. The molecule has 0 radical (unpaired) electrons. The molecule has 0 spiro atoms. The minimum absolute atomic E-state index is 0.121. The number of nitrogens with zero attached hydrogens (tertiary/aromatic N) is 2. The van der Waals surface area contributed by atoms with Crippen molar-refractivity contribution >= 4 is 39.5 Å². The Morgan fingerprint density at radius 2 is 1.74 bits per heavy atom. The van der Waals surface area contributed by atoms with Crippen LogP contribution in [-0.2, 0) is 37.1 Å². The van der Waals surface area contributed by atoms with Crippen LogP contribution in [0.25, 0.3) is 0 Å². The molecule has 1 saturated heterocycles. The molecule has 2 saturated carbocycles. The summed E-state index contributed by atoms with van der Waals surface area (Å²) in [6, 6.07) is 2.72. The van der Waals surface area contributed by atoms with Gasteiger partial charge in [0.1, 0.15) is 29.3 Å². The topological polar surface area (TPSA) is 165 Å². The first-order valence-electron chi connectivity index (χ1n) is 17.4. The molecule has 288 valence electrons. The van der Waals surface area contributed by atoms with Crippen LogP contribution in [0, 0.1) is 29.4 Å². The van der Waals surface area contributed by atoms with Crippen LogP contribution < -0.4 is 15.4 Å². The summed E-state index contributed by atoms with van der Waals surface area (Å²) < 4.78 is 97.1. The maximum Gasteiger partial charge on any atom is 0.419 e. The van der Waals surface area contributed by atoms with Crippen molar-refractivity contribution in [2.24, 2.45) is 17.8 Å². The fraction of sp³-hybridized carbons (Fsp3) is 0.543. The maximum absolute atomic E-state index is 14.9. The highest BCUT2D eigenvalue weighted by atomic mass is 32.2. The molecule has 53 heavy (non-hydrogen) atoms. The fourth-order valence-corrected chi connectivity index (χ4v) is 9.10. The standard InChI is InChI=1S/C35H40F5N5O7S/c1-4-19-14-34(19,32(48)43-53(51,52)21-9-10-21)42-30(46)27-12-18(29-22-6-5-7-25(36)23(22)16-45(29)33(49)50)15-44(27)31(47)28(17(2)3)41-20-8-11-26(37)24(13-20)35(38,39)40/h5-8,11,13,17-19,21,27-29,41H,4,9-10,12,14-16H2,1-3H3,(H,42,46)(H,43,48)(H,49,50)/t18-,19-,27+,28+,29?,34-/m1/s1. The zero-order valence-electron chi connectivity index (χ0n) is 29.0. The SMILES string of the molecule is CC[C@@H]1C[C@]1(NC(=O)[C@@H]1C[C@@H](C2c3cccc(F)c3CN2C(=O)O)CN1C(=O)[C@@H](Nc1ccc(F)c(C(F)(F)F)c1)C(C)C)C(=O)NS(=O)(=O)C1CC1.